The molecule has 0 saturated heterocycles. The van der Waals surface area contributed by atoms with Gasteiger partial charge in [-0.15, -0.1) is 0 Å². The fraction of sp³-hybridized carbons (Fsp3) is 0. The second kappa shape index (κ2) is 5.02. The first-order valence-corrected chi connectivity index (χ1v) is 3.79. The van der Waals surface area contributed by atoms with Gasteiger partial charge in [0.1, 0.15) is 0 Å². The minimum Gasteiger partial charge on any atom is -0.255 e. The van der Waals surface area contributed by atoms with E-state index in [9.17, 15) is 0 Å². The Bertz CT molecular complexity index is 310. The predicted octanol–water partition coefficient (Wildman–Crippen LogP) is 0.960. The Kier molecular flexibility index (Phi) is 3.96. The molecule has 2 nitrogen and oxygen atoms in total. The summed E-state index contributed by atoms with van der Waals surface area (Å²) >= 11 is 0. The van der Waals surface area contributed by atoms with E-state index in [1.165, 1.54) is 0 Å². The summed E-state index contributed by atoms with van der Waals surface area (Å²) in [4.78, 5) is 8.37. The third kappa shape index (κ3) is 2.56. The van der Waals surface area contributed by atoms with Crippen molar-refractivity contribution in [3.05, 3.63) is 48.8 Å². The van der Waals surface area contributed by atoms with Crippen molar-refractivity contribution in [1.82, 2.24) is 9.97 Å². The van der Waals surface area contributed by atoms with E-state index in [1.54, 1.807) is 12.4 Å². The number of pyridine rings is 2. The summed E-state index contributed by atoms with van der Waals surface area (Å²) < 4.78 is 0. The average molecular weight is 274 g/mol. The third-order valence-electron chi connectivity index (χ3n) is 1.59. The first-order valence-electron chi connectivity index (χ1n) is 3.79. The van der Waals surface area contributed by atoms with Crippen LogP contribution in [0, 0.1) is 0 Å². The van der Waals surface area contributed by atoms with Gasteiger partial charge in [-0.1, -0.05) is 12.1 Å². The zero-order chi connectivity index (χ0) is 8.23. The Labute approximate surface area is 95.8 Å². The van der Waals surface area contributed by atoms with Gasteiger partial charge in [0, 0.05) is 12.4 Å². The number of hydrogen-bond donors (Lipinski definition) is 0. The Balaban J connectivity index is 0.000000845. The molecule has 0 radical (unpaired) electrons. The Morgan fingerprint density at radius 2 is 1.15 bits per heavy atom. The first kappa shape index (κ1) is 10.3. The van der Waals surface area contributed by atoms with Gasteiger partial charge in [-0.25, -0.2) is 0 Å². The van der Waals surface area contributed by atoms with Crippen molar-refractivity contribution in [2.75, 3.05) is 0 Å². The van der Waals surface area contributed by atoms with Gasteiger partial charge in [-0.05, 0) is 24.3 Å². The topological polar surface area (TPSA) is 25.8 Å². The quantitative estimate of drug-likeness (QED) is 0.774. The van der Waals surface area contributed by atoms with Gasteiger partial charge in [-0.2, -0.15) is 0 Å². The van der Waals surface area contributed by atoms with Gasteiger partial charge in [0.05, 0.1) is 11.4 Å². The van der Waals surface area contributed by atoms with E-state index in [4.69, 9.17) is 0 Å². The molecule has 0 aliphatic heterocycles. The predicted molar refractivity (Wildman–Crippen MR) is 57.4 cm³/mol. The van der Waals surface area contributed by atoms with E-state index in [0.29, 0.717) is 0 Å². The van der Waals surface area contributed by atoms with Crippen LogP contribution >= 0.6 is 0 Å². The summed E-state index contributed by atoms with van der Waals surface area (Å²) in [7, 11) is 0. The number of rotatable bonds is 1. The molecule has 0 saturated carbocycles. The maximum Gasteiger partial charge on any atom is 0.0886 e. The van der Waals surface area contributed by atoms with Crippen LogP contribution in [-0.4, -0.2) is 35.8 Å². The molecule has 0 unspecified atom stereocenters. The molecule has 0 aromatic carbocycles. The molecule has 0 spiro atoms. The molecular weight excluding hydrogens is 263 g/mol. The summed E-state index contributed by atoms with van der Waals surface area (Å²) in [5, 5.41) is 0. The summed E-state index contributed by atoms with van der Waals surface area (Å²) in [5.41, 5.74) is 1.83. The molecule has 0 aliphatic rings. The van der Waals surface area contributed by atoms with Crippen LogP contribution in [0.2, 0.25) is 0 Å². The van der Waals surface area contributed by atoms with Crippen LogP contribution in [0.25, 0.3) is 11.4 Å². The molecule has 2 aromatic rings. The van der Waals surface area contributed by atoms with Crippen LogP contribution in [0.3, 0.4) is 0 Å². The number of nitrogens with zero attached hydrogens (tertiary/aromatic N) is 2. The zero-order valence-electron chi connectivity index (χ0n) is 6.51. The Hall–Kier alpha value is -0.830. The molecule has 0 N–H and O–H groups in total. The Morgan fingerprint density at radius 1 is 0.692 bits per heavy atom. The summed E-state index contributed by atoms with van der Waals surface area (Å²) in [6.07, 6.45) is 3.54. The fourth-order valence-corrected chi connectivity index (χ4v) is 1.03. The van der Waals surface area contributed by atoms with E-state index < -0.39 is 0 Å². The van der Waals surface area contributed by atoms with E-state index in [-0.39, 0.29) is 25.8 Å². The zero-order valence-corrected chi connectivity index (χ0v) is 6.51. The van der Waals surface area contributed by atoms with Gasteiger partial charge in [0.15, 0.2) is 0 Å². The normalized spacial score (nSPS) is 8.92. The van der Waals surface area contributed by atoms with Crippen LogP contribution in [0.5, 0.6) is 0 Å². The van der Waals surface area contributed by atoms with Crippen molar-refractivity contribution in [2.24, 2.45) is 0 Å². The molecule has 64 valence electrons. The average Bonchev–Trinajstić information content (AvgIpc) is 2.21. The standard InChI is InChI=1S/C10H8N2.In.3H/c1-3-7-11-9(5-1)10-6-2-4-8-12-10;;;;/h1-8H;;;;. The molecule has 2 aromatic heterocycles. The third-order valence-corrected chi connectivity index (χ3v) is 1.59. The van der Waals surface area contributed by atoms with Crippen LogP contribution in [0.1, 0.15) is 0 Å². The van der Waals surface area contributed by atoms with Gasteiger partial charge >= 0.3 is 25.8 Å². The molecule has 0 aliphatic carbocycles. The molecule has 0 atom stereocenters. The number of hydrogen-bond acceptors (Lipinski definition) is 2. The monoisotopic (exact) mass is 274 g/mol. The van der Waals surface area contributed by atoms with E-state index in [0.717, 1.165) is 11.4 Å². The van der Waals surface area contributed by atoms with E-state index >= 15 is 0 Å². The van der Waals surface area contributed by atoms with Gasteiger partial charge < -0.3 is 0 Å². The second-order valence-corrected chi connectivity index (χ2v) is 2.43. The van der Waals surface area contributed by atoms with Crippen molar-refractivity contribution in [2.45, 2.75) is 0 Å². The molecular formula is C10H11InN2. The maximum absolute atomic E-state index is 4.19. The number of aromatic nitrogens is 2. The van der Waals surface area contributed by atoms with Gasteiger partial charge in [0.25, 0.3) is 0 Å². The molecule has 0 bridgehead atoms. The minimum absolute atomic E-state index is 0. The molecule has 0 fully saturated rings. The van der Waals surface area contributed by atoms with Crippen LogP contribution in [0.15, 0.2) is 48.8 Å². The van der Waals surface area contributed by atoms with Crippen molar-refractivity contribution >= 4 is 25.8 Å². The summed E-state index contributed by atoms with van der Waals surface area (Å²) in [6, 6.07) is 11.6. The Morgan fingerprint density at radius 3 is 1.46 bits per heavy atom. The molecule has 2 rings (SSSR count). The molecule has 3 heteroatoms. The largest absolute Gasteiger partial charge is 0.255 e. The van der Waals surface area contributed by atoms with Gasteiger partial charge in [0.2, 0.25) is 0 Å². The summed E-state index contributed by atoms with van der Waals surface area (Å²) in [5.74, 6) is 0. The van der Waals surface area contributed by atoms with Crippen molar-refractivity contribution < 1.29 is 0 Å². The first-order chi connectivity index (χ1) is 5.97. The van der Waals surface area contributed by atoms with Gasteiger partial charge in [-0.3, -0.25) is 9.97 Å². The van der Waals surface area contributed by atoms with Crippen molar-refractivity contribution in [1.29, 1.82) is 0 Å². The second-order valence-electron chi connectivity index (χ2n) is 2.43. The fourth-order valence-electron chi connectivity index (χ4n) is 1.03. The van der Waals surface area contributed by atoms with Crippen LogP contribution in [0.4, 0.5) is 0 Å². The SMILES string of the molecule is [InH3].c1ccc(-c2ccccn2)nc1. The van der Waals surface area contributed by atoms with Crippen molar-refractivity contribution in [3.8, 4) is 11.4 Å². The van der Waals surface area contributed by atoms with Crippen LogP contribution < -0.4 is 0 Å². The molecule has 0 amide bonds. The van der Waals surface area contributed by atoms with Crippen molar-refractivity contribution in [3.63, 3.8) is 0 Å². The summed E-state index contributed by atoms with van der Waals surface area (Å²) in [6.45, 7) is 0. The minimum atomic E-state index is 0. The maximum atomic E-state index is 4.19. The molecule has 2 heterocycles. The van der Waals surface area contributed by atoms with E-state index in [1.807, 2.05) is 36.4 Å². The smallest absolute Gasteiger partial charge is 0.0886 e. The van der Waals surface area contributed by atoms with Crippen LogP contribution in [-0.2, 0) is 0 Å². The molecule has 13 heavy (non-hydrogen) atoms. The van der Waals surface area contributed by atoms with E-state index in [2.05, 4.69) is 9.97 Å².